The summed E-state index contributed by atoms with van der Waals surface area (Å²) >= 11 is 0. The van der Waals surface area contributed by atoms with E-state index in [0.717, 1.165) is 71.1 Å². The largest absolute Gasteiger partial charge is 0.379 e. The predicted molar refractivity (Wildman–Crippen MR) is 118 cm³/mol. The quantitative estimate of drug-likeness (QED) is 0.802. The van der Waals surface area contributed by atoms with Gasteiger partial charge in [0.1, 0.15) is 0 Å². The van der Waals surface area contributed by atoms with E-state index in [1.165, 1.54) is 28.0 Å². The zero-order valence-electron chi connectivity index (χ0n) is 17.3. The second kappa shape index (κ2) is 8.27. The lowest BCUT2D eigenvalue weighted by molar-refractivity contribution is 0.0422. The highest BCUT2D eigenvalue weighted by atomic mass is 16.5. The molecular weight excluding hydrogens is 360 g/mol. The van der Waals surface area contributed by atoms with Gasteiger partial charge < -0.3 is 14.5 Å². The molecule has 152 valence electrons. The minimum absolute atomic E-state index is 0.854. The van der Waals surface area contributed by atoms with Crippen molar-refractivity contribution in [2.75, 3.05) is 71.0 Å². The van der Waals surface area contributed by atoms with Crippen molar-refractivity contribution >= 4 is 11.8 Å². The lowest BCUT2D eigenvalue weighted by Gasteiger charge is -2.34. The fourth-order valence-electron chi connectivity index (χ4n) is 4.60. The molecule has 1 aromatic heterocycles. The van der Waals surface area contributed by atoms with E-state index in [4.69, 9.17) is 9.72 Å². The van der Waals surface area contributed by atoms with Crippen LogP contribution in [0.15, 0.2) is 42.1 Å². The van der Waals surface area contributed by atoms with E-state index in [0.29, 0.717) is 0 Å². The van der Waals surface area contributed by atoms with Gasteiger partial charge in [0.2, 0.25) is 0 Å². The Kier molecular flexibility index (Phi) is 5.36. The maximum atomic E-state index is 5.48. The molecule has 0 bridgehead atoms. The van der Waals surface area contributed by atoms with Crippen LogP contribution in [0.1, 0.15) is 11.1 Å². The summed E-state index contributed by atoms with van der Waals surface area (Å²) in [6.45, 7) is 9.28. The van der Waals surface area contributed by atoms with Gasteiger partial charge in [-0.3, -0.25) is 9.88 Å². The number of piperazine rings is 1. The molecular formula is C24H30N4O. The highest BCUT2D eigenvalue weighted by Gasteiger charge is 2.21. The molecule has 1 aromatic carbocycles. The van der Waals surface area contributed by atoms with Crippen LogP contribution in [-0.2, 0) is 11.2 Å². The average molecular weight is 391 g/mol. The van der Waals surface area contributed by atoms with Crippen LogP contribution in [0, 0.1) is 0 Å². The molecule has 0 saturated carbocycles. The van der Waals surface area contributed by atoms with Crippen molar-refractivity contribution in [3.05, 3.63) is 53.2 Å². The molecule has 2 saturated heterocycles. The number of rotatable bonds is 4. The summed E-state index contributed by atoms with van der Waals surface area (Å²) < 4.78 is 5.48. The average Bonchev–Trinajstić information content (AvgIpc) is 3.18. The number of aromatic nitrogens is 1. The lowest BCUT2D eigenvalue weighted by atomic mass is 10.0. The second-order valence-corrected chi connectivity index (χ2v) is 8.44. The molecule has 5 heteroatoms. The molecule has 0 N–H and O–H groups in total. The molecule has 0 spiro atoms. The third kappa shape index (κ3) is 4.08. The molecule has 5 rings (SSSR count). The van der Waals surface area contributed by atoms with Crippen LogP contribution < -0.4 is 4.90 Å². The molecule has 2 fully saturated rings. The third-order valence-corrected chi connectivity index (χ3v) is 6.39. The maximum absolute atomic E-state index is 5.48. The first-order chi connectivity index (χ1) is 14.3. The highest BCUT2D eigenvalue weighted by molar-refractivity contribution is 5.78. The zero-order chi connectivity index (χ0) is 19.6. The van der Waals surface area contributed by atoms with Crippen molar-refractivity contribution < 1.29 is 4.74 Å². The number of morpholine rings is 1. The molecule has 3 heterocycles. The second-order valence-electron chi connectivity index (χ2n) is 8.44. The first-order valence-corrected chi connectivity index (χ1v) is 10.8. The van der Waals surface area contributed by atoms with E-state index in [1.807, 2.05) is 6.20 Å². The molecule has 5 nitrogen and oxygen atoms in total. The van der Waals surface area contributed by atoms with Crippen molar-refractivity contribution in [1.82, 2.24) is 14.8 Å². The molecule has 0 radical (unpaired) electrons. The van der Waals surface area contributed by atoms with Gasteiger partial charge in [-0.15, -0.1) is 0 Å². The first-order valence-electron chi connectivity index (χ1n) is 10.8. The van der Waals surface area contributed by atoms with Gasteiger partial charge in [-0.2, -0.15) is 0 Å². The summed E-state index contributed by atoms with van der Waals surface area (Å²) in [5, 5.41) is 0. The van der Waals surface area contributed by atoms with E-state index in [2.05, 4.69) is 58.2 Å². The van der Waals surface area contributed by atoms with Gasteiger partial charge in [0.25, 0.3) is 0 Å². The van der Waals surface area contributed by atoms with E-state index in [-0.39, 0.29) is 0 Å². The molecule has 0 unspecified atom stereocenters. The zero-order valence-corrected chi connectivity index (χ0v) is 17.3. The summed E-state index contributed by atoms with van der Waals surface area (Å²) in [6, 6.07) is 11.2. The number of nitrogens with zero attached hydrogens (tertiary/aromatic N) is 4. The number of anilines is 1. The van der Waals surface area contributed by atoms with Gasteiger partial charge in [-0.25, -0.2) is 0 Å². The predicted octanol–water partition coefficient (Wildman–Crippen LogP) is 2.77. The van der Waals surface area contributed by atoms with Crippen LogP contribution in [0.4, 0.5) is 5.69 Å². The number of hydrogen-bond acceptors (Lipinski definition) is 5. The number of ether oxygens (including phenoxy) is 1. The standard InChI is InChI=1S/C24H30N4O/c1-26-8-10-28(11-9-26)22-4-2-20(3-5-22)24-23-17-19(16-21(23)6-7-25-24)18-27-12-14-29-15-13-27/h2-7,17H,8-16,18H2,1H3. The summed E-state index contributed by atoms with van der Waals surface area (Å²) in [7, 11) is 2.20. The van der Waals surface area contributed by atoms with E-state index >= 15 is 0 Å². The Hall–Kier alpha value is -2.21. The number of fused-ring (bicyclic) bond motifs is 1. The number of pyridine rings is 1. The van der Waals surface area contributed by atoms with Crippen LogP contribution in [0.2, 0.25) is 0 Å². The van der Waals surface area contributed by atoms with Gasteiger partial charge in [-0.05, 0) is 37.2 Å². The summed E-state index contributed by atoms with van der Waals surface area (Å²) in [5.74, 6) is 0. The number of likely N-dealkylation sites (N-methyl/N-ethyl adjacent to an activating group) is 1. The van der Waals surface area contributed by atoms with Crippen LogP contribution >= 0.6 is 0 Å². The van der Waals surface area contributed by atoms with Gasteiger partial charge in [0, 0.05) is 68.8 Å². The minimum Gasteiger partial charge on any atom is -0.379 e. The fraction of sp³-hybridized carbons (Fsp3) is 0.458. The summed E-state index contributed by atoms with van der Waals surface area (Å²) in [6.07, 6.45) is 5.39. The van der Waals surface area contributed by atoms with E-state index < -0.39 is 0 Å². The SMILES string of the molecule is CN1CCN(c2ccc(-c3nccc4c3C=C(CN3CCOCC3)C4)cc2)CC1. The number of benzene rings is 1. The Labute approximate surface area is 173 Å². The van der Waals surface area contributed by atoms with Crippen molar-refractivity contribution in [1.29, 1.82) is 0 Å². The lowest BCUT2D eigenvalue weighted by Crippen LogP contribution is -2.44. The molecule has 2 aromatic rings. The molecule has 0 atom stereocenters. The smallest absolute Gasteiger partial charge is 0.0777 e. The third-order valence-electron chi connectivity index (χ3n) is 6.39. The Bertz CT molecular complexity index is 878. The summed E-state index contributed by atoms with van der Waals surface area (Å²) in [5.41, 5.74) is 7.85. The monoisotopic (exact) mass is 390 g/mol. The van der Waals surface area contributed by atoms with Crippen molar-refractivity contribution in [2.24, 2.45) is 0 Å². The van der Waals surface area contributed by atoms with E-state index in [9.17, 15) is 0 Å². The normalized spacial score (nSPS) is 20.6. The van der Waals surface area contributed by atoms with Crippen LogP contribution in [0.25, 0.3) is 17.3 Å². The van der Waals surface area contributed by atoms with Gasteiger partial charge in [-0.1, -0.05) is 23.8 Å². The van der Waals surface area contributed by atoms with Crippen molar-refractivity contribution in [2.45, 2.75) is 6.42 Å². The number of hydrogen-bond donors (Lipinski definition) is 0. The Morgan fingerprint density at radius 3 is 2.45 bits per heavy atom. The van der Waals surface area contributed by atoms with Gasteiger partial charge in [0.05, 0.1) is 18.9 Å². The fourth-order valence-corrected chi connectivity index (χ4v) is 4.60. The van der Waals surface area contributed by atoms with Crippen LogP contribution in [0.5, 0.6) is 0 Å². The van der Waals surface area contributed by atoms with Crippen LogP contribution in [-0.4, -0.2) is 80.9 Å². The van der Waals surface area contributed by atoms with Gasteiger partial charge >= 0.3 is 0 Å². The van der Waals surface area contributed by atoms with Crippen LogP contribution in [0.3, 0.4) is 0 Å². The molecule has 1 aliphatic carbocycles. The molecule has 3 aliphatic rings. The minimum atomic E-state index is 0.854. The van der Waals surface area contributed by atoms with Gasteiger partial charge in [0.15, 0.2) is 0 Å². The highest BCUT2D eigenvalue weighted by Crippen LogP contribution is 2.33. The Balaban J connectivity index is 1.34. The summed E-state index contributed by atoms with van der Waals surface area (Å²) in [4.78, 5) is 12.1. The Morgan fingerprint density at radius 1 is 0.931 bits per heavy atom. The molecule has 0 amide bonds. The van der Waals surface area contributed by atoms with Crippen molar-refractivity contribution in [3.63, 3.8) is 0 Å². The topological polar surface area (TPSA) is 31.8 Å². The first kappa shape index (κ1) is 18.8. The Morgan fingerprint density at radius 2 is 1.69 bits per heavy atom. The van der Waals surface area contributed by atoms with E-state index in [1.54, 1.807) is 0 Å². The maximum Gasteiger partial charge on any atom is 0.0777 e. The molecule has 29 heavy (non-hydrogen) atoms. The molecule has 2 aliphatic heterocycles. The van der Waals surface area contributed by atoms with Crippen molar-refractivity contribution in [3.8, 4) is 11.3 Å².